The Morgan fingerprint density at radius 3 is 2.35 bits per heavy atom. The lowest BCUT2D eigenvalue weighted by molar-refractivity contribution is 0.0997. The fourth-order valence-corrected chi connectivity index (χ4v) is 4.17. The van der Waals surface area contributed by atoms with Gasteiger partial charge in [0, 0.05) is 24.8 Å². The number of hydrogen-bond donors (Lipinski definition) is 2. The van der Waals surface area contributed by atoms with Gasteiger partial charge in [0.1, 0.15) is 5.82 Å². The van der Waals surface area contributed by atoms with Gasteiger partial charge in [0.25, 0.3) is 5.91 Å². The zero-order valence-electron chi connectivity index (χ0n) is 14.6. The predicted octanol–water partition coefficient (Wildman–Crippen LogP) is 1.20. The van der Waals surface area contributed by atoms with E-state index in [1.54, 1.807) is 25.4 Å². The molecule has 0 bridgehead atoms. The number of carbonyl (C=O) groups excluding carboxylic acids is 1. The number of imidazole rings is 1. The van der Waals surface area contributed by atoms with Crippen molar-refractivity contribution in [2.75, 3.05) is 29.5 Å². The third-order valence-electron chi connectivity index (χ3n) is 4.86. The third kappa shape index (κ3) is 3.39. The fourth-order valence-electron chi connectivity index (χ4n) is 3.28. The number of rotatable bonds is 5. The molecule has 1 amide bonds. The van der Waals surface area contributed by atoms with Crippen molar-refractivity contribution in [1.82, 2.24) is 9.55 Å². The molecule has 2 heterocycles. The van der Waals surface area contributed by atoms with E-state index in [4.69, 9.17) is 11.5 Å². The van der Waals surface area contributed by atoms with E-state index in [0.717, 1.165) is 31.6 Å². The molecule has 2 aromatic rings. The van der Waals surface area contributed by atoms with Crippen molar-refractivity contribution in [3.8, 4) is 0 Å². The van der Waals surface area contributed by atoms with E-state index >= 15 is 0 Å². The molecule has 4 N–H and O–H groups in total. The Labute approximate surface area is 152 Å². The average molecular weight is 377 g/mol. The lowest BCUT2D eigenvalue weighted by Gasteiger charge is -2.34. The zero-order chi connectivity index (χ0) is 18.9. The van der Waals surface area contributed by atoms with Crippen LogP contribution in [0.5, 0.6) is 0 Å². The molecule has 1 aromatic carbocycles. The Morgan fingerprint density at radius 2 is 1.85 bits per heavy atom. The van der Waals surface area contributed by atoms with Gasteiger partial charge >= 0.3 is 0 Å². The van der Waals surface area contributed by atoms with Gasteiger partial charge in [-0.3, -0.25) is 4.79 Å². The maximum Gasteiger partial charge on any atom is 0.271 e. The minimum absolute atomic E-state index is 0.0946. The first-order valence-corrected chi connectivity index (χ1v) is 10.2. The number of amides is 1. The van der Waals surface area contributed by atoms with Gasteiger partial charge < -0.3 is 20.9 Å². The molecular weight excluding hydrogens is 354 g/mol. The van der Waals surface area contributed by atoms with Crippen LogP contribution in [-0.4, -0.2) is 42.7 Å². The Kier molecular flexibility index (Phi) is 4.90. The highest BCUT2D eigenvalue weighted by molar-refractivity contribution is 7.91. The van der Waals surface area contributed by atoms with E-state index in [-0.39, 0.29) is 17.5 Å². The van der Waals surface area contributed by atoms with Crippen LogP contribution in [0.15, 0.2) is 35.5 Å². The summed E-state index contributed by atoms with van der Waals surface area (Å²) in [5.74, 6) is -0.219. The number of nitrogen functional groups attached to an aromatic ring is 1. The van der Waals surface area contributed by atoms with Gasteiger partial charge in [-0.25, -0.2) is 13.4 Å². The molecule has 1 saturated heterocycles. The molecule has 0 radical (unpaired) electrons. The van der Waals surface area contributed by atoms with Crippen LogP contribution in [0.25, 0.3) is 0 Å². The first-order valence-electron chi connectivity index (χ1n) is 8.53. The number of nitrogens with zero attached hydrogens (tertiary/aromatic N) is 3. The monoisotopic (exact) mass is 377 g/mol. The van der Waals surface area contributed by atoms with Gasteiger partial charge in [0.05, 0.1) is 17.0 Å². The Morgan fingerprint density at radius 1 is 1.23 bits per heavy atom. The number of hydrogen-bond acceptors (Lipinski definition) is 6. The highest BCUT2D eigenvalue weighted by Crippen LogP contribution is 2.29. The maximum atomic E-state index is 11.9. The summed E-state index contributed by atoms with van der Waals surface area (Å²) in [4.78, 5) is 17.9. The van der Waals surface area contributed by atoms with Crippen LogP contribution in [0.2, 0.25) is 0 Å². The molecule has 0 atom stereocenters. The van der Waals surface area contributed by atoms with Crippen molar-refractivity contribution in [1.29, 1.82) is 0 Å². The van der Waals surface area contributed by atoms with Crippen LogP contribution in [0.3, 0.4) is 0 Å². The van der Waals surface area contributed by atoms with Gasteiger partial charge in [0.2, 0.25) is 0 Å². The molecule has 1 aliphatic heterocycles. The van der Waals surface area contributed by atoms with Gasteiger partial charge in [-0.2, -0.15) is 0 Å². The summed E-state index contributed by atoms with van der Waals surface area (Å²) in [5, 5.41) is 0. The van der Waals surface area contributed by atoms with Gasteiger partial charge in [-0.1, -0.05) is 6.92 Å². The summed E-state index contributed by atoms with van der Waals surface area (Å²) in [6, 6.07) is 7.17. The van der Waals surface area contributed by atoms with Crippen molar-refractivity contribution in [3.63, 3.8) is 0 Å². The lowest BCUT2D eigenvalue weighted by atomic mass is 10.0. The van der Waals surface area contributed by atoms with E-state index in [1.807, 2.05) is 16.7 Å². The molecular formula is C17H23N5O3S. The highest BCUT2D eigenvalue weighted by atomic mass is 32.2. The van der Waals surface area contributed by atoms with Crippen LogP contribution in [0.1, 0.15) is 36.3 Å². The first kappa shape index (κ1) is 18.2. The molecule has 0 unspecified atom stereocenters. The molecule has 1 aromatic heterocycles. The number of piperidine rings is 1. The topological polar surface area (TPSA) is 124 Å². The van der Waals surface area contributed by atoms with Gasteiger partial charge in [-0.15, -0.1) is 0 Å². The number of nitrogens with two attached hydrogens (primary N) is 2. The Hall–Kier alpha value is -2.55. The van der Waals surface area contributed by atoms with Crippen LogP contribution < -0.4 is 16.4 Å². The number of benzene rings is 1. The first-order chi connectivity index (χ1) is 12.3. The standard InChI is InChI=1S/C17H23N5O3S/c1-2-26(24,25)14-5-3-12(4-6-14)21-9-7-13(8-10-21)22-11-20-15(16(22)18)17(19)23/h3-6,11,13H,2,7-10,18H2,1H3,(H2,19,23). The summed E-state index contributed by atoms with van der Waals surface area (Å²) in [5.41, 5.74) is 12.3. The predicted molar refractivity (Wildman–Crippen MR) is 99.8 cm³/mol. The van der Waals surface area contributed by atoms with E-state index in [2.05, 4.69) is 9.88 Å². The summed E-state index contributed by atoms with van der Waals surface area (Å²) >= 11 is 0. The summed E-state index contributed by atoms with van der Waals surface area (Å²) in [6.07, 6.45) is 3.25. The maximum absolute atomic E-state index is 11.9. The summed E-state index contributed by atoms with van der Waals surface area (Å²) in [6.45, 7) is 3.24. The van der Waals surface area contributed by atoms with Gasteiger partial charge in [-0.05, 0) is 37.1 Å². The van der Waals surface area contributed by atoms with E-state index in [0.29, 0.717) is 10.7 Å². The van der Waals surface area contributed by atoms with E-state index < -0.39 is 15.7 Å². The minimum Gasteiger partial charge on any atom is -0.383 e. The van der Waals surface area contributed by atoms with Crippen molar-refractivity contribution >= 4 is 27.2 Å². The smallest absolute Gasteiger partial charge is 0.271 e. The molecule has 9 heteroatoms. The second kappa shape index (κ2) is 6.99. The number of carbonyl (C=O) groups is 1. The lowest BCUT2D eigenvalue weighted by Crippen LogP contribution is -2.34. The second-order valence-electron chi connectivity index (χ2n) is 6.37. The summed E-state index contributed by atoms with van der Waals surface area (Å²) in [7, 11) is -3.18. The molecule has 0 aliphatic carbocycles. The molecule has 0 spiro atoms. The van der Waals surface area contributed by atoms with Crippen molar-refractivity contribution in [2.24, 2.45) is 5.73 Å². The SMILES string of the molecule is CCS(=O)(=O)c1ccc(N2CCC(n3cnc(C(N)=O)c3N)CC2)cc1. The van der Waals surface area contributed by atoms with Crippen LogP contribution >= 0.6 is 0 Å². The average Bonchev–Trinajstić information content (AvgIpc) is 3.03. The Balaban J connectivity index is 1.68. The van der Waals surface area contributed by atoms with Crippen molar-refractivity contribution in [2.45, 2.75) is 30.7 Å². The van der Waals surface area contributed by atoms with Crippen LogP contribution in [-0.2, 0) is 9.84 Å². The zero-order valence-corrected chi connectivity index (χ0v) is 15.4. The highest BCUT2D eigenvalue weighted by Gasteiger charge is 2.24. The van der Waals surface area contributed by atoms with Gasteiger partial charge in [0.15, 0.2) is 15.5 Å². The summed E-state index contributed by atoms with van der Waals surface area (Å²) < 4.78 is 25.6. The van der Waals surface area contributed by atoms with Crippen molar-refractivity contribution < 1.29 is 13.2 Å². The number of primary amides is 1. The number of aromatic nitrogens is 2. The molecule has 140 valence electrons. The van der Waals surface area contributed by atoms with E-state index in [1.165, 1.54) is 0 Å². The minimum atomic E-state index is -3.18. The quantitative estimate of drug-likeness (QED) is 0.807. The molecule has 3 rings (SSSR count). The molecule has 26 heavy (non-hydrogen) atoms. The molecule has 1 aliphatic rings. The van der Waals surface area contributed by atoms with E-state index in [9.17, 15) is 13.2 Å². The largest absolute Gasteiger partial charge is 0.383 e. The Bertz CT molecular complexity index is 897. The number of sulfone groups is 1. The fraction of sp³-hybridized carbons (Fsp3) is 0.412. The molecule has 1 fully saturated rings. The molecule has 8 nitrogen and oxygen atoms in total. The normalized spacial score (nSPS) is 16.0. The number of anilines is 2. The van der Waals surface area contributed by atoms with Crippen LogP contribution in [0.4, 0.5) is 11.5 Å². The third-order valence-corrected chi connectivity index (χ3v) is 6.61. The second-order valence-corrected chi connectivity index (χ2v) is 8.64. The van der Waals surface area contributed by atoms with Crippen molar-refractivity contribution in [3.05, 3.63) is 36.3 Å². The molecule has 0 saturated carbocycles. The van der Waals surface area contributed by atoms with Crippen LogP contribution in [0, 0.1) is 0 Å².